The molecule has 0 N–H and O–H groups in total. The second kappa shape index (κ2) is 8.37. The van der Waals surface area contributed by atoms with Gasteiger partial charge in [0, 0.05) is 50.4 Å². The number of hydrogen-bond donors (Lipinski definition) is 0. The fraction of sp³-hybridized carbons (Fsp3) is 0.333. The maximum Gasteiger partial charge on any atom is 0.285 e. The van der Waals surface area contributed by atoms with Crippen molar-refractivity contribution in [3.05, 3.63) is 64.7 Å². The van der Waals surface area contributed by atoms with Crippen molar-refractivity contribution in [2.24, 2.45) is 4.40 Å². The van der Waals surface area contributed by atoms with E-state index in [-0.39, 0.29) is 17.3 Å². The molecule has 1 fully saturated rings. The molecule has 0 unspecified atom stereocenters. The van der Waals surface area contributed by atoms with E-state index >= 15 is 0 Å². The number of rotatable bonds is 4. The van der Waals surface area contributed by atoms with Crippen molar-refractivity contribution >= 4 is 33.4 Å². The average Bonchev–Trinajstić information content (AvgIpc) is 3.02. The number of amides is 1. The molecule has 1 saturated heterocycles. The molecule has 2 aliphatic rings. The van der Waals surface area contributed by atoms with Crippen molar-refractivity contribution in [3.63, 3.8) is 0 Å². The number of amidine groups is 1. The number of sulfonamides is 1. The number of benzene rings is 2. The highest BCUT2D eigenvalue weighted by molar-refractivity contribution is 7.90. The van der Waals surface area contributed by atoms with Crippen LogP contribution in [0.1, 0.15) is 11.1 Å². The van der Waals surface area contributed by atoms with Crippen molar-refractivity contribution < 1.29 is 13.2 Å². The molecule has 0 spiro atoms. The Morgan fingerprint density at radius 3 is 2.43 bits per heavy atom. The normalized spacial score (nSPS) is 18.1. The molecule has 0 saturated carbocycles. The second-order valence-electron chi connectivity index (χ2n) is 7.53. The fourth-order valence-electron chi connectivity index (χ4n) is 3.74. The Bertz CT molecular complexity index is 1080. The summed E-state index contributed by atoms with van der Waals surface area (Å²) in [7, 11) is -1.99. The highest BCUT2D eigenvalue weighted by Gasteiger charge is 2.31. The first-order chi connectivity index (χ1) is 14.3. The topological polar surface area (TPSA) is 73.3 Å². The zero-order valence-corrected chi connectivity index (χ0v) is 18.2. The van der Waals surface area contributed by atoms with E-state index in [0.29, 0.717) is 24.5 Å². The lowest BCUT2D eigenvalue weighted by atomic mass is 10.2. The van der Waals surface area contributed by atoms with Gasteiger partial charge in [-0.05, 0) is 29.8 Å². The van der Waals surface area contributed by atoms with Gasteiger partial charge < -0.3 is 9.80 Å². The Hall–Kier alpha value is -2.42. The summed E-state index contributed by atoms with van der Waals surface area (Å²) in [5, 5.41) is 0.723. The van der Waals surface area contributed by atoms with Crippen molar-refractivity contribution in [2.75, 3.05) is 39.8 Å². The van der Waals surface area contributed by atoms with Gasteiger partial charge in [-0.1, -0.05) is 35.9 Å². The van der Waals surface area contributed by atoms with E-state index in [9.17, 15) is 13.2 Å². The van der Waals surface area contributed by atoms with Gasteiger partial charge in [-0.25, -0.2) is 0 Å². The molecule has 2 aromatic carbocycles. The molecule has 0 aromatic heterocycles. The molecule has 1 amide bonds. The second-order valence-corrected chi connectivity index (χ2v) is 9.53. The third-order valence-corrected chi connectivity index (χ3v) is 6.97. The van der Waals surface area contributed by atoms with Crippen molar-refractivity contribution in [3.8, 4) is 0 Å². The van der Waals surface area contributed by atoms with E-state index in [1.165, 1.54) is 11.6 Å². The molecule has 0 atom stereocenters. The molecule has 2 aliphatic heterocycles. The van der Waals surface area contributed by atoms with Crippen molar-refractivity contribution in [2.45, 2.75) is 11.4 Å². The van der Waals surface area contributed by atoms with Crippen LogP contribution in [0.15, 0.2) is 57.8 Å². The van der Waals surface area contributed by atoms with Gasteiger partial charge in [0.25, 0.3) is 10.0 Å². The minimum Gasteiger partial charge on any atom is -0.349 e. The largest absolute Gasteiger partial charge is 0.349 e. The molecular formula is C21H23ClN4O3S. The van der Waals surface area contributed by atoms with E-state index in [1.54, 1.807) is 30.1 Å². The van der Waals surface area contributed by atoms with Crippen LogP contribution in [-0.2, 0) is 21.4 Å². The van der Waals surface area contributed by atoms with Crippen LogP contribution in [0.4, 0.5) is 0 Å². The number of piperazine rings is 1. The van der Waals surface area contributed by atoms with Gasteiger partial charge in [0.05, 0.1) is 6.54 Å². The zero-order chi connectivity index (χ0) is 21.3. The molecule has 30 heavy (non-hydrogen) atoms. The van der Waals surface area contributed by atoms with E-state index in [0.717, 1.165) is 24.7 Å². The summed E-state index contributed by atoms with van der Waals surface area (Å²) in [6.07, 6.45) is 0. The molecule has 0 radical (unpaired) electrons. The minimum atomic E-state index is -3.69. The number of hydrogen-bond acceptors (Lipinski definition) is 5. The van der Waals surface area contributed by atoms with Gasteiger partial charge in [0.1, 0.15) is 4.90 Å². The van der Waals surface area contributed by atoms with Crippen LogP contribution in [0.5, 0.6) is 0 Å². The Morgan fingerprint density at radius 1 is 1.07 bits per heavy atom. The molecule has 158 valence electrons. The van der Waals surface area contributed by atoms with Crippen LogP contribution in [0.2, 0.25) is 5.02 Å². The van der Waals surface area contributed by atoms with E-state index in [1.807, 2.05) is 29.2 Å². The van der Waals surface area contributed by atoms with Crippen LogP contribution in [0.25, 0.3) is 0 Å². The highest BCUT2D eigenvalue weighted by atomic mass is 35.5. The maximum atomic E-state index is 12.8. The van der Waals surface area contributed by atoms with Gasteiger partial charge >= 0.3 is 0 Å². The lowest BCUT2D eigenvalue weighted by molar-refractivity contribution is -0.133. The summed E-state index contributed by atoms with van der Waals surface area (Å²) in [5.74, 6) is 0.286. The lowest BCUT2D eigenvalue weighted by Crippen LogP contribution is -2.51. The van der Waals surface area contributed by atoms with Gasteiger partial charge in [-0.2, -0.15) is 8.42 Å². The third-order valence-electron chi connectivity index (χ3n) is 5.39. The number of fused-ring (bicyclic) bond motifs is 1. The average molecular weight is 447 g/mol. The van der Waals surface area contributed by atoms with E-state index in [4.69, 9.17) is 11.6 Å². The van der Waals surface area contributed by atoms with Crippen LogP contribution in [-0.4, -0.2) is 74.6 Å². The molecule has 0 bridgehead atoms. The summed E-state index contributed by atoms with van der Waals surface area (Å²) < 4.78 is 28.4. The molecular weight excluding hydrogens is 424 g/mol. The Morgan fingerprint density at radius 2 is 1.73 bits per heavy atom. The summed E-state index contributed by atoms with van der Waals surface area (Å²) in [5.41, 5.74) is 1.73. The molecule has 2 heterocycles. The fourth-order valence-corrected chi connectivity index (χ4v) is 5.12. The van der Waals surface area contributed by atoms with E-state index < -0.39 is 10.0 Å². The number of carbonyl (C=O) groups excluding carboxylic acids is 1. The van der Waals surface area contributed by atoms with Crippen LogP contribution in [0, 0.1) is 0 Å². The Kier molecular flexibility index (Phi) is 5.81. The van der Waals surface area contributed by atoms with Gasteiger partial charge in [-0.15, -0.1) is 4.40 Å². The maximum absolute atomic E-state index is 12.8. The zero-order valence-electron chi connectivity index (χ0n) is 16.7. The predicted octanol–water partition coefficient (Wildman–Crippen LogP) is 2.07. The molecule has 9 heteroatoms. The van der Waals surface area contributed by atoms with Crippen molar-refractivity contribution in [1.29, 1.82) is 0 Å². The predicted molar refractivity (Wildman–Crippen MR) is 116 cm³/mol. The summed E-state index contributed by atoms with van der Waals surface area (Å²) in [4.78, 5) is 18.7. The number of carbonyl (C=O) groups is 1. The van der Waals surface area contributed by atoms with Gasteiger partial charge in [-0.3, -0.25) is 9.69 Å². The van der Waals surface area contributed by atoms with E-state index in [2.05, 4.69) is 9.30 Å². The molecule has 0 aliphatic carbocycles. The summed E-state index contributed by atoms with van der Waals surface area (Å²) in [6.45, 7) is 3.76. The first kappa shape index (κ1) is 20.8. The highest BCUT2D eigenvalue weighted by Crippen LogP contribution is 2.27. The first-order valence-corrected chi connectivity index (χ1v) is 11.6. The van der Waals surface area contributed by atoms with Crippen LogP contribution in [0.3, 0.4) is 0 Å². The minimum absolute atomic E-state index is 0.0341. The standard InChI is InChI=1S/C21H23ClN4O3S/c1-24(21-18-4-2-3-5-19(18)30(28,29)23-21)15-20(27)26-12-10-25(11-13-26)14-16-6-8-17(22)9-7-16/h2-9H,10-15H2,1H3. The van der Waals surface area contributed by atoms with Gasteiger partial charge in [0.2, 0.25) is 5.91 Å². The molecule has 4 rings (SSSR count). The monoisotopic (exact) mass is 446 g/mol. The quantitative estimate of drug-likeness (QED) is 0.718. The Balaban J connectivity index is 1.33. The third kappa shape index (κ3) is 4.35. The molecule has 2 aromatic rings. The number of nitrogens with zero attached hydrogens (tertiary/aromatic N) is 4. The smallest absolute Gasteiger partial charge is 0.285 e. The first-order valence-electron chi connectivity index (χ1n) is 9.73. The molecule has 7 nitrogen and oxygen atoms in total. The summed E-state index contributed by atoms with van der Waals surface area (Å²) >= 11 is 5.94. The lowest BCUT2D eigenvalue weighted by Gasteiger charge is -2.35. The van der Waals surface area contributed by atoms with Gasteiger partial charge in [0.15, 0.2) is 5.84 Å². The Labute approximate surface area is 181 Å². The number of likely N-dealkylation sites (N-methyl/N-ethyl adjacent to an activating group) is 1. The SMILES string of the molecule is CN(CC(=O)N1CCN(Cc2ccc(Cl)cc2)CC1)C1=NS(=O)(=O)c2ccccc21. The van der Waals surface area contributed by atoms with Crippen LogP contribution < -0.4 is 0 Å². The number of halogens is 1. The van der Waals surface area contributed by atoms with Crippen LogP contribution >= 0.6 is 11.6 Å². The van der Waals surface area contributed by atoms with Crippen molar-refractivity contribution in [1.82, 2.24) is 14.7 Å². The summed E-state index contributed by atoms with van der Waals surface area (Å²) in [6, 6.07) is 14.5.